The van der Waals surface area contributed by atoms with Gasteiger partial charge in [-0.15, -0.1) is 5.10 Å². The number of aromatic nitrogens is 3. The van der Waals surface area contributed by atoms with Gasteiger partial charge in [0.05, 0.1) is 26.5 Å². The number of rotatable bonds is 4. The summed E-state index contributed by atoms with van der Waals surface area (Å²) in [7, 11) is 3.24. The summed E-state index contributed by atoms with van der Waals surface area (Å²) < 4.78 is 12.3. The lowest BCUT2D eigenvalue weighted by molar-refractivity contribution is 0.354. The molecule has 0 aliphatic carbocycles. The predicted molar refractivity (Wildman–Crippen MR) is 72.6 cm³/mol. The fraction of sp³-hybridized carbons (Fsp3) is 0.385. The van der Waals surface area contributed by atoms with Crippen LogP contribution in [0.3, 0.4) is 0 Å². The molecule has 0 spiro atoms. The average Bonchev–Trinajstić information content (AvgIpc) is 2.72. The van der Waals surface area contributed by atoms with Gasteiger partial charge in [0.2, 0.25) is 0 Å². The van der Waals surface area contributed by atoms with E-state index >= 15 is 0 Å². The van der Waals surface area contributed by atoms with Crippen LogP contribution in [-0.4, -0.2) is 29.2 Å². The van der Waals surface area contributed by atoms with Gasteiger partial charge >= 0.3 is 0 Å². The van der Waals surface area contributed by atoms with E-state index in [4.69, 9.17) is 15.2 Å². The molecule has 1 aromatic heterocycles. The topological polar surface area (TPSA) is 75.2 Å². The van der Waals surface area contributed by atoms with Gasteiger partial charge in [0.15, 0.2) is 17.3 Å². The number of hydrogen-bond donors (Lipinski definition) is 1. The van der Waals surface area contributed by atoms with E-state index in [0.29, 0.717) is 18.1 Å². The van der Waals surface area contributed by atoms with E-state index in [1.807, 2.05) is 26.0 Å². The number of ether oxygens (including phenoxy) is 2. The molecule has 0 amide bonds. The third kappa shape index (κ3) is 2.47. The van der Waals surface area contributed by atoms with Crippen LogP contribution >= 0.6 is 0 Å². The Kier molecular flexibility index (Phi) is 3.59. The Morgan fingerprint density at radius 3 is 2.32 bits per heavy atom. The molecule has 2 rings (SSSR count). The van der Waals surface area contributed by atoms with Crippen molar-refractivity contribution in [2.45, 2.75) is 20.4 Å². The van der Waals surface area contributed by atoms with Gasteiger partial charge in [0, 0.05) is 0 Å². The van der Waals surface area contributed by atoms with Gasteiger partial charge in [-0.2, -0.15) is 0 Å². The first-order valence-corrected chi connectivity index (χ1v) is 5.94. The van der Waals surface area contributed by atoms with Gasteiger partial charge < -0.3 is 15.2 Å². The number of methoxy groups -OCH3 is 2. The zero-order valence-electron chi connectivity index (χ0n) is 11.6. The number of hydrogen-bond acceptors (Lipinski definition) is 5. The summed E-state index contributed by atoms with van der Waals surface area (Å²) in [6, 6.07) is 3.90. The Labute approximate surface area is 112 Å². The standard InChI is InChI=1S/C13H18N4O2/c1-8-5-11(18-3)12(19-4)6-10(8)7-17-9(2)13(14)15-16-17/h5-6H,7,14H2,1-4H3. The van der Waals surface area contributed by atoms with Gasteiger partial charge in [-0.25, -0.2) is 4.68 Å². The Balaban J connectivity index is 2.37. The third-order valence-corrected chi connectivity index (χ3v) is 3.18. The summed E-state index contributed by atoms with van der Waals surface area (Å²) in [5, 5.41) is 7.87. The lowest BCUT2D eigenvalue weighted by atomic mass is 10.1. The molecule has 0 aliphatic heterocycles. The van der Waals surface area contributed by atoms with Crippen LogP contribution in [0.5, 0.6) is 11.5 Å². The largest absolute Gasteiger partial charge is 0.493 e. The van der Waals surface area contributed by atoms with Crippen LogP contribution in [0.4, 0.5) is 5.82 Å². The predicted octanol–water partition coefficient (Wildman–Crippen LogP) is 1.54. The number of aryl methyl sites for hydroxylation is 1. The minimum atomic E-state index is 0.457. The van der Waals surface area contributed by atoms with Crippen molar-refractivity contribution in [3.8, 4) is 11.5 Å². The van der Waals surface area contributed by atoms with E-state index in [0.717, 1.165) is 22.6 Å². The number of nitrogen functional groups attached to an aromatic ring is 1. The number of nitrogens with zero attached hydrogens (tertiary/aromatic N) is 3. The maximum Gasteiger partial charge on any atom is 0.168 e. The zero-order valence-corrected chi connectivity index (χ0v) is 11.6. The first-order valence-electron chi connectivity index (χ1n) is 5.94. The highest BCUT2D eigenvalue weighted by Gasteiger charge is 2.11. The van der Waals surface area contributed by atoms with E-state index in [9.17, 15) is 0 Å². The monoisotopic (exact) mass is 262 g/mol. The van der Waals surface area contributed by atoms with Crippen molar-refractivity contribution in [3.63, 3.8) is 0 Å². The number of benzene rings is 1. The molecule has 0 radical (unpaired) electrons. The average molecular weight is 262 g/mol. The maximum atomic E-state index is 5.69. The van der Waals surface area contributed by atoms with E-state index in [-0.39, 0.29) is 0 Å². The smallest absolute Gasteiger partial charge is 0.168 e. The first-order chi connectivity index (χ1) is 9.06. The maximum absolute atomic E-state index is 5.69. The van der Waals surface area contributed by atoms with E-state index in [1.165, 1.54) is 0 Å². The van der Waals surface area contributed by atoms with E-state index < -0.39 is 0 Å². The lowest BCUT2D eigenvalue weighted by Gasteiger charge is -2.13. The van der Waals surface area contributed by atoms with Gasteiger partial charge in [0.25, 0.3) is 0 Å². The van der Waals surface area contributed by atoms with Crippen LogP contribution in [0.2, 0.25) is 0 Å². The van der Waals surface area contributed by atoms with Crippen LogP contribution in [0, 0.1) is 13.8 Å². The third-order valence-electron chi connectivity index (χ3n) is 3.18. The Bertz CT molecular complexity index is 593. The summed E-state index contributed by atoms with van der Waals surface area (Å²) in [6.45, 7) is 4.51. The van der Waals surface area contributed by atoms with Crippen molar-refractivity contribution in [1.29, 1.82) is 0 Å². The van der Waals surface area contributed by atoms with Crippen molar-refractivity contribution >= 4 is 5.82 Å². The molecule has 6 heteroatoms. The highest BCUT2D eigenvalue weighted by Crippen LogP contribution is 2.30. The van der Waals surface area contributed by atoms with Crippen molar-refractivity contribution in [2.75, 3.05) is 20.0 Å². The second-order valence-corrected chi connectivity index (χ2v) is 4.35. The molecule has 0 atom stereocenters. The van der Waals surface area contributed by atoms with E-state index in [2.05, 4.69) is 10.3 Å². The highest BCUT2D eigenvalue weighted by molar-refractivity contribution is 5.47. The Morgan fingerprint density at radius 2 is 1.79 bits per heavy atom. The molecule has 0 unspecified atom stereocenters. The van der Waals surface area contributed by atoms with Crippen molar-refractivity contribution in [3.05, 3.63) is 29.0 Å². The molecule has 1 aromatic carbocycles. The Morgan fingerprint density at radius 1 is 1.16 bits per heavy atom. The minimum Gasteiger partial charge on any atom is -0.493 e. The molecule has 0 saturated carbocycles. The SMILES string of the molecule is COc1cc(C)c(Cn2nnc(N)c2C)cc1OC. The molecular formula is C13H18N4O2. The minimum absolute atomic E-state index is 0.457. The first kappa shape index (κ1) is 13.2. The van der Waals surface area contributed by atoms with Gasteiger partial charge in [-0.1, -0.05) is 5.21 Å². The molecule has 1 heterocycles. The molecule has 102 valence electrons. The molecule has 0 aliphatic rings. The second kappa shape index (κ2) is 5.17. The van der Waals surface area contributed by atoms with Crippen LogP contribution in [0.15, 0.2) is 12.1 Å². The summed E-state index contributed by atoms with van der Waals surface area (Å²) in [5.74, 6) is 1.88. The van der Waals surface area contributed by atoms with Crippen molar-refractivity contribution in [1.82, 2.24) is 15.0 Å². The normalized spacial score (nSPS) is 10.5. The lowest BCUT2D eigenvalue weighted by Crippen LogP contribution is -2.06. The second-order valence-electron chi connectivity index (χ2n) is 4.35. The molecule has 2 aromatic rings. The molecule has 2 N–H and O–H groups in total. The molecule has 0 saturated heterocycles. The summed E-state index contributed by atoms with van der Waals surface area (Å²) >= 11 is 0. The molecular weight excluding hydrogens is 244 g/mol. The van der Waals surface area contributed by atoms with Gasteiger partial charge in [-0.3, -0.25) is 0 Å². The quantitative estimate of drug-likeness (QED) is 0.904. The van der Waals surface area contributed by atoms with Crippen LogP contribution in [0.1, 0.15) is 16.8 Å². The Hall–Kier alpha value is -2.24. The van der Waals surface area contributed by atoms with Gasteiger partial charge in [-0.05, 0) is 37.1 Å². The van der Waals surface area contributed by atoms with Gasteiger partial charge in [0.1, 0.15) is 0 Å². The van der Waals surface area contributed by atoms with Crippen LogP contribution in [0.25, 0.3) is 0 Å². The van der Waals surface area contributed by atoms with Crippen LogP contribution < -0.4 is 15.2 Å². The summed E-state index contributed by atoms with van der Waals surface area (Å²) in [6.07, 6.45) is 0. The van der Waals surface area contributed by atoms with Crippen LogP contribution in [-0.2, 0) is 6.54 Å². The van der Waals surface area contributed by atoms with E-state index in [1.54, 1.807) is 18.9 Å². The fourth-order valence-electron chi connectivity index (χ4n) is 1.88. The number of nitrogens with two attached hydrogens (primary N) is 1. The zero-order chi connectivity index (χ0) is 14.0. The highest BCUT2D eigenvalue weighted by atomic mass is 16.5. The summed E-state index contributed by atoms with van der Waals surface area (Å²) in [4.78, 5) is 0. The molecule has 6 nitrogen and oxygen atoms in total. The molecule has 0 bridgehead atoms. The van der Waals surface area contributed by atoms with Crippen molar-refractivity contribution in [2.24, 2.45) is 0 Å². The fourth-order valence-corrected chi connectivity index (χ4v) is 1.88. The molecule has 19 heavy (non-hydrogen) atoms. The number of anilines is 1. The molecule has 0 fully saturated rings. The van der Waals surface area contributed by atoms with Crippen molar-refractivity contribution < 1.29 is 9.47 Å². The summed E-state index contributed by atoms with van der Waals surface area (Å²) in [5.41, 5.74) is 8.74.